The van der Waals surface area contributed by atoms with Crippen LogP contribution in [0.5, 0.6) is 0 Å². The fraction of sp³-hybridized carbons (Fsp3) is 0.857. The van der Waals surface area contributed by atoms with Crippen molar-refractivity contribution in [3.63, 3.8) is 0 Å². The first-order valence-corrected chi connectivity index (χ1v) is 13.0. The molecular weight excluding hydrogens is 368 g/mol. The lowest BCUT2D eigenvalue weighted by Crippen LogP contribution is -2.54. The van der Waals surface area contributed by atoms with Crippen molar-refractivity contribution >= 4 is 0 Å². The van der Waals surface area contributed by atoms with Crippen LogP contribution in [0.3, 0.4) is 0 Å². The summed E-state index contributed by atoms with van der Waals surface area (Å²) in [6.07, 6.45) is 20.0. The molecule has 0 spiro atoms. The van der Waals surface area contributed by atoms with Crippen LogP contribution >= 0.6 is 0 Å². The molecule has 2 nitrogen and oxygen atoms in total. The Bertz CT molecular complexity index is 729. The van der Waals surface area contributed by atoms with Gasteiger partial charge in [-0.3, -0.25) is 0 Å². The van der Waals surface area contributed by atoms with Gasteiger partial charge in [-0.05, 0) is 97.9 Å². The first kappa shape index (κ1) is 21.3. The lowest BCUT2D eigenvalue weighted by molar-refractivity contribution is -0.0752. The zero-order valence-electron chi connectivity index (χ0n) is 19.9. The van der Waals surface area contributed by atoms with Gasteiger partial charge in [-0.2, -0.15) is 0 Å². The van der Waals surface area contributed by atoms with Gasteiger partial charge in [-0.15, -0.1) is 0 Å². The fourth-order valence-corrected chi connectivity index (χ4v) is 9.18. The second-order valence-electron chi connectivity index (χ2n) is 11.9. The van der Waals surface area contributed by atoms with Gasteiger partial charge in [-0.25, -0.2) is 0 Å². The maximum Gasteiger partial charge on any atom is 0.0893 e. The molecule has 5 aliphatic rings. The number of aliphatic hydroxyl groups is 1. The predicted octanol–water partition coefficient (Wildman–Crippen LogP) is 6.83. The van der Waals surface area contributed by atoms with E-state index in [9.17, 15) is 5.11 Å². The van der Waals surface area contributed by atoms with Crippen LogP contribution < -0.4 is 0 Å². The van der Waals surface area contributed by atoms with Gasteiger partial charge in [0.2, 0.25) is 0 Å². The highest BCUT2D eigenvalue weighted by Gasteiger charge is 2.61. The minimum atomic E-state index is -0.111. The van der Waals surface area contributed by atoms with Gasteiger partial charge in [-0.1, -0.05) is 57.8 Å². The molecule has 0 aromatic carbocycles. The lowest BCUT2D eigenvalue weighted by atomic mass is 9.44. The number of ether oxygens (including phenoxy) is 1. The van der Waals surface area contributed by atoms with Gasteiger partial charge in [0.25, 0.3) is 0 Å². The van der Waals surface area contributed by atoms with E-state index in [2.05, 4.69) is 32.9 Å². The second kappa shape index (κ2) is 7.48. The summed E-state index contributed by atoms with van der Waals surface area (Å²) in [5, 5.41) is 10.4. The first-order valence-electron chi connectivity index (χ1n) is 13.0. The highest BCUT2D eigenvalue weighted by atomic mass is 16.5. The Morgan fingerprint density at radius 2 is 1.73 bits per heavy atom. The average molecular weight is 413 g/mol. The van der Waals surface area contributed by atoms with E-state index in [1.54, 1.807) is 11.1 Å². The van der Waals surface area contributed by atoms with E-state index in [0.717, 1.165) is 30.6 Å². The van der Waals surface area contributed by atoms with E-state index in [0.29, 0.717) is 16.7 Å². The molecule has 3 saturated carbocycles. The van der Waals surface area contributed by atoms with Gasteiger partial charge in [0.05, 0.1) is 11.7 Å². The summed E-state index contributed by atoms with van der Waals surface area (Å²) >= 11 is 0. The number of hydrogen-bond donors (Lipinski definition) is 1. The molecule has 0 heterocycles. The number of hydrogen-bond acceptors (Lipinski definition) is 2. The van der Waals surface area contributed by atoms with Crippen LogP contribution in [0.4, 0.5) is 0 Å². The molecular formula is C28H44O2. The van der Waals surface area contributed by atoms with Crippen molar-refractivity contribution in [2.45, 2.75) is 110 Å². The molecule has 7 atom stereocenters. The zero-order valence-corrected chi connectivity index (χ0v) is 19.9. The molecule has 5 rings (SSSR count). The standard InChI is InChI=1S/C28H44O2/c1-5-19-17-20-18-21(29)11-15-26(20,2)23-12-16-27(3)22(25(19)23)9-10-24(27)28(30-4)13-7-6-8-14-28/h10,17,19,21-23,25,29H,5-9,11-16,18H2,1-4H3/t19-,21?,22-,23-,25-,26-,27-/m0/s1. The van der Waals surface area contributed by atoms with E-state index >= 15 is 0 Å². The first-order chi connectivity index (χ1) is 14.4. The van der Waals surface area contributed by atoms with Crippen LogP contribution in [0.2, 0.25) is 0 Å². The smallest absolute Gasteiger partial charge is 0.0893 e. The van der Waals surface area contributed by atoms with Crippen molar-refractivity contribution in [2.75, 3.05) is 7.11 Å². The third kappa shape index (κ3) is 2.88. The molecule has 5 aliphatic carbocycles. The van der Waals surface area contributed by atoms with Crippen LogP contribution in [-0.4, -0.2) is 23.9 Å². The summed E-state index contributed by atoms with van der Waals surface area (Å²) in [7, 11) is 1.98. The Balaban J connectivity index is 1.51. The van der Waals surface area contributed by atoms with E-state index in [4.69, 9.17) is 4.74 Å². The van der Waals surface area contributed by atoms with Crippen LogP contribution in [0.25, 0.3) is 0 Å². The van der Waals surface area contributed by atoms with Crippen LogP contribution in [0.15, 0.2) is 23.3 Å². The topological polar surface area (TPSA) is 29.5 Å². The van der Waals surface area contributed by atoms with E-state index < -0.39 is 0 Å². The van der Waals surface area contributed by atoms with Crippen LogP contribution in [0, 0.1) is 34.5 Å². The molecule has 1 N–H and O–H groups in total. The lowest BCUT2D eigenvalue weighted by Gasteiger charge is -2.60. The molecule has 1 unspecified atom stereocenters. The summed E-state index contributed by atoms with van der Waals surface area (Å²) in [6, 6.07) is 0. The number of methoxy groups -OCH3 is 1. The highest BCUT2D eigenvalue weighted by Crippen LogP contribution is 2.68. The average Bonchev–Trinajstić information content (AvgIpc) is 3.12. The minimum Gasteiger partial charge on any atom is -0.393 e. The van der Waals surface area contributed by atoms with E-state index in [1.165, 1.54) is 64.2 Å². The third-order valence-electron chi connectivity index (χ3n) is 10.8. The molecule has 2 heteroatoms. The van der Waals surface area contributed by atoms with Crippen molar-refractivity contribution in [1.82, 2.24) is 0 Å². The molecule has 168 valence electrons. The van der Waals surface area contributed by atoms with Crippen molar-refractivity contribution in [2.24, 2.45) is 34.5 Å². The van der Waals surface area contributed by atoms with E-state index in [-0.39, 0.29) is 11.7 Å². The molecule has 0 aliphatic heterocycles. The molecule has 30 heavy (non-hydrogen) atoms. The Labute approximate surface area is 184 Å². The molecule has 0 radical (unpaired) electrons. The fourth-order valence-electron chi connectivity index (χ4n) is 9.18. The predicted molar refractivity (Wildman–Crippen MR) is 123 cm³/mol. The Morgan fingerprint density at radius 3 is 2.43 bits per heavy atom. The monoisotopic (exact) mass is 412 g/mol. The number of fused-ring (bicyclic) bond motifs is 5. The van der Waals surface area contributed by atoms with Crippen LogP contribution in [0.1, 0.15) is 97.8 Å². The van der Waals surface area contributed by atoms with E-state index in [1.807, 2.05) is 7.11 Å². The maximum atomic E-state index is 10.4. The van der Waals surface area contributed by atoms with Gasteiger partial charge >= 0.3 is 0 Å². The molecule has 0 aromatic rings. The van der Waals surface area contributed by atoms with Crippen LogP contribution in [-0.2, 0) is 4.74 Å². The highest BCUT2D eigenvalue weighted by molar-refractivity contribution is 5.36. The summed E-state index contributed by atoms with van der Waals surface area (Å²) in [5.41, 5.74) is 3.95. The number of aliphatic hydroxyl groups excluding tert-OH is 1. The molecule has 0 bridgehead atoms. The Hall–Kier alpha value is -0.600. The Morgan fingerprint density at radius 1 is 1.00 bits per heavy atom. The Kier molecular flexibility index (Phi) is 5.30. The largest absolute Gasteiger partial charge is 0.393 e. The third-order valence-corrected chi connectivity index (χ3v) is 10.8. The van der Waals surface area contributed by atoms with Crippen molar-refractivity contribution in [3.05, 3.63) is 23.3 Å². The van der Waals surface area contributed by atoms with Crippen molar-refractivity contribution in [3.8, 4) is 0 Å². The number of rotatable bonds is 3. The summed E-state index contributed by atoms with van der Waals surface area (Å²) in [6.45, 7) is 7.56. The quantitative estimate of drug-likeness (QED) is 0.515. The zero-order chi connectivity index (χ0) is 21.1. The minimum absolute atomic E-state index is 0.0187. The summed E-state index contributed by atoms with van der Waals surface area (Å²) in [5.74, 6) is 3.05. The molecule has 0 aromatic heterocycles. The molecule has 0 amide bonds. The molecule has 0 saturated heterocycles. The second-order valence-corrected chi connectivity index (χ2v) is 11.9. The molecule has 3 fully saturated rings. The summed E-state index contributed by atoms with van der Waals surface area (Å²) in [4.78, 5) is 0. The van der Waals surface area contributed by atoms with Gasteiger partial charge in [0, 0.05) is 7.11 Å². The van der Waals surface area contributed by atoms with Crippen molar-refractivity contribution < 1.29 is 9.84 Å². The van der Waals surface area contributed by atoms with Crippen molar-refractivity contribution in [1.29, 1.82) is 0 Å². The number of allylic oxidation sites excluding steroid dienone is 2. The maximum absolute atomic E-state index is 10.4. The van der Waals surface area contributed by atoms with Gasteiger partial charge < -0.3 is 9.84 Å². The van der Waals surface area contributed by atoms with Gasteiger partial charge in [0.1, 0.15) is 0 Å². The SMILES string of the molecule is CC[C@H]1C=C2CC(O)CC[C@]2(C)[C@H]2CC[C@]3(C)C(C4(OC)CCCCC4)=CC[C@H]3[C@H]12. The normalized spacial score (nSPS) is 47.6. The summed E-state index contributed by atoms with van der Waals surface area (Å²) < 4.78 is 6.38. The van der Waals surface area contributed by atoms with Gasteiger partial charge in [0.15, 0.2) is 0 Å².